The number of benzene rings is 1. The summed E-state index contributed by atoms with van der Waals surface area (Å²) in [5.74, 6) is 0. The molecule has 0 spiro atoms. The van der Waals surface area contributed by atoms with E-state index < -0.39 is 0 Å². The topological polar surface area (TPSA) is 0 Å². The van der Waals surface area contributed by atoms with E-state index in [0.29, 0.717) is 0 Å². The number of unbranched alkanes of at least 4 members (excludes halogenated alkanes) is 1. The Morgan fingerprint density at radius 3 is 2.41 bits per heavy atom. The monoisotopic (exact) mass is 230 g/mol. The van der Waals surface area contributed by atoms with E-state index in [-0.39, 0.29) is 0 Å². The highest BCUT2D eigenvalue weighted by Gasteiger charge is 2.03. The Bertz CT molecular complexity index is 336. The third-order valence-electron chi connectivity index (χ3n) is 3.18. The summed E-state index contributed by atoms with van der Waals surface area (Å²) in [6, 6.07) is 7.08. The van der Waals surface area contributed by atoms with Gasteiger partial charge in [0.25, 0.3) is 0 Å². The van der Waals surface area contributed by atoms with Crippen LogP contribution in [0.1, 0.15) is 56.2 Å². The molecule has 0 nitrogen and oxygen atoms in total. The fraction of sp³-hybridized carbons (Fsp3) is 0.529. The summed E-state index contributed by atoms with van der Waals surface area (Å²) < 4.78 is 0. The lowest BCUT2D eigenvalue weighted by atomic mass is 9.95. The van der Waals surface area contributed by atoms with Crippen molar-refractivity contribution in [3.63, 3.8) is 0 Å². The predicted octanol–water partition coefficient (Wildman–Crippen LogP) is 5.10. The van der Waals surface area contributed by atoms with Crippen molar-refractivity contribution in [2.75, 3.05) is 0 Å². The average molecular weight is 230 g/mol. The predicted molar refractivity (Wildman–Crippen MR) is 77.6 cm³/mol. The molecule has 0 aromatic heterocycles. The fourth-order valence-corrected chi connectivity index (χ4v) is 2.31. The van der Waals surface area contributed by atoms with Crippen molar-refractivity contribution in [2.24, 2.45) is 0 Å². The summed E-state index contributed by atoms with van der Waals surface area (Å²) in [7, 11) is 0. The minimum atomic E-state index is 1.13. The first-order valence-electron chi connectivity index (χ1n) is 7.03. The van der Waals surface area contributed by atoms with Crippen LogP contribution in [0.15, 0.2) is 30.9 Å². The molecular weight excluding hydrogens is 204 g/mol. The molecule has 1 aromatic rings. The highest BCUT2D eigenvalue weighted by atomic mass is 14.1. The summed E-state index contributed by atoms with van der Waals surface area (Å²) in [6.07, 6.45) is 10.5. The van der Waals surface area contributed by atoms with Gasteiger partial charge in [0.1, 0.15) is 0 Å². The Hall–Kier alpha value is -1.04. The quantitative estimate of drug-likeness (QED) is 0.430. The lowest BCUT2D eigenvalue weighted by Crippen LogP contribution is -1.97. The van der Waals surface area contributed by atoms with E-state index in [1.165, 1.54) is 44.1 Å². The van der Waals surface area contributed by atoms with Crippen molar-refractivity contribution in [3.05, 3.63) is 47.5 Å². The minimum Gasteiger partial charge on any atom is -0.103 e. The Morgan fingerprint density at radius 2 is 1.76 bits per heavy atom. The molecular formula is C17H26. The van der Waals surface area contributed by atoms with E-state index in [1.807, 2.05) is 6.08 Å². The van der Waals surface area contributed by atoms with Crippen LogP contribution in [0, 0.1) is 0 Å². The minimum absolute atomic E-state index is 1.13. The van der Waals surface area contributed by atoms with Gasteiger partial charge in [0.05, 0.1) is 0 Å². The van der Waals surface area contributed by atoms with E-state index in [9.17, 15) is 0 Å². The second kappa shape index (κ2) is 8.11. The third kappa shape index (κ3) is 4.77. The maximum absolute atomic E-state index is 3.80. The molecule has 0 unspecified atom stereocenters. The zero-order valence-corrected chi connectivity index (χ0v) is 11.5. The van der Waals surface area contributed by atoms with Crippen molar-refractivity contribution in [1.29, 1.82) is 0 Å². The highest BCUT2D eigenvalue weighted by molar-refractivity contribution is 5.32. The number of hydrogen-bond acceptors (Lipinski definition) is 0. The van der Waals surface area contributed by atoms with Crippen LogP contribution >= 0.6 is 0 Å². The van der Waals surface area contributed by atoms with Gasteiger partial charge in [-0.05, 0) is 48.8 Å². The molecule has 0 saturated carbocycles. The first-order chi connectivity index (χ1) is 8.31. The highest BCUT2D eigenvalue weighted by Crippen LogP contribution is 2.18. The van der Waals surface area contributed by atoms with Gasteiger partial charge in [-0.15, -0.1) is 6.58 Å². The van der Waals surface area contributed by atoms with Crippen LogP contribution in [0.3, 0.4) is 0 Å². The van der Waals surface area contributed by atoms with Crippen molar-refractivity contribution in [3.8, 4) is 0 Å². The molecule has 0 heterocycles. The smallest absolute Gasteiger partial charge is 0.0273 e. The summed E-state index contributed by atoms with van der Waals surface area (Å²) in [4.78, 5) is 0. The Kier molecular flexibility index (Phi) is 6.69. The van der Waals surface area contributed by atoms with E-state index in [0.717, 1.165) is 6.42 Å². The van der Waals surface area contributed by atoms with Crippen LogP contribution in [-0.4, -0.2) is 0 Å². The van der Waals surface area contributed by atoms with Gasteiger partial charge in [-0.25, -0.2) is 0 Å². The number of rotatable bonds is 8. The molecule has 0 heteroatoms. The maximum atomic E-state index is 3.80. The Balaban J connectivity index is 2.77. The molecule has 1 aromatic carbocycles. The van der Waals surface area contributed by atoms with Crippen LogP contribution in [0.4, 0.5) is 0 Å². The van der Waals surface area contributed by atoms with Crippen LogP contribution in [0.2, 0.25) is 0 Å². The molecule has 0 aliphatic heterocycles. The lowest BCUT2D eigenvalue weighted by Gasteiger charge is -2.11. The third-order valence-corrected chi connectivity index (χ3v) is 3.18. The van der Waals surface area contributed by atoms with Gasteiger partial charge in [0.15, 0.2) is 0 Å². The van der Waals surface area contributed by atoms with Gasteiger partial charge in [-0.1, -0.05) is 51.0 Å². The molecule has 0 fully saturated rings. The number of aryl methyl sites for hydroxylation is 3. The van der Waals surface area contributed by atoms with Crippen molar-refractivity contribution in [1.82, 2.24) is 0 Å². The number of allylic oxidation sites excluding steroid dienone is 1. The van der Waals surface area contributed by atoms with Crippen molar-refractivity contribution in [2.45, 2.75) is 58.8 Å². The molecule has 0 radical (unpaired) electrons. The molecule has 0 saturated heterocycles. The molecule has 1 rings (SSSR count). The largest absolute Gasteiger partial charge is 0.103 e. The van der Waals surface area contributed by atoms with E-state index in [1.54, 1.807) is 11.1 Å². The molecule has 0 bridgehead atoms. The molecule has 0 N–H and O–H groups in total. The summed E-state index contributed by atoms with van der Waals surface area (Å²) >= 11 is 0. The zero-order valence-electron chi connectivity index (χ0n) is 11.5. The van der Waals surface area contributed by atoms with Crippen molar-refractivity contribution >= 4 is 0 Å². The first kappa shape index (κ1) is 14.0. The van der Waals surface area contributed by atoms with Gasteiger partial charge in [0, 0.05) is 0 Å². The summed E-state index contributed by atoms with van der Waals surface area (Å²) in [5.41, 5.74) is 4.62. The van der Waals surface area contributed by atoms with Gasteiger partial charge < -0.3 is 0 Å². The summed E-state index contributed by atoms with van der Waals surface area (Å²) in [6.45, 7) is 8.30. The van der Waals surface area contributed by atoms with Crippen LogP contribution in [-0.2, 0) is 19.3 Å². The summed E-state index contributed by atoms with van der Waals surface area (Å²) in [5, 5.41) is 0. The van der Waals surface area contributed by atoms with Crippen LogP contribution < -0.4 is 0 Å². The van der Waals surface area contributed by atoms with Gasteiger partial charge in [-0.3, -0.25) is 0 Å². The van der Waals surface area contributed by atoms with Gasteiger partial charge >= 0.3 is 0 Å². The second-order valence-corrected chi connectivity index (χ2v) is 4.78. The number of hydrogen-bond donors (Lipinski definition) is 0. The first-order valence-corrected chi connectivity index (χ1v) is 7.03. The molecule has 0 aliphatic rings. The van der Waals surface area contributed by atoms with Gasteiger partial charge in [-0.2, -0.15) is 0 Å². The van der Waals surface area contributed by atoms with Crippen LogP contribution in [0.25, 0.3) is 0 Å². The lowest BCUT2D eigenvalue weighted by molar-refractivity contribution is 0.812. The van der Waals surface area contributed by atoms with Gasteiger partial charge in [0.2, 0.25) is 0 Å². The molecule has 0 aliphatic carbocycles. The fourth-order valence-electron chi connectivity index (χ4n) is 2.31. The molecule has 0 amide bonds. The molecule has 94 valence electrons. The Labute approximate surface area is 107 Å². The zero-order chi connectivity index (χ0) is 12.5. The standard InChI is InChI=1S/C17H26/c1-4-7-8-11-17-14-15(9-5-2)12-13-16(17)10-6-3/h4,12-14H,1,5-11H2,2-3H3. The van der Waals surface area contributed by atoms with E-state index in [2.05, 4.69) is 38.6 Å². The normalized spacial score (nSPS) is 10.5. The molecule has 0 atom stereocenters. The van der Waals surface area contributed by atoms with E-state index >= 15 is 0 Å². The Morgan fingerprint density at radius 1 is 1.00 bits per heavy atom. The SMILES string of the molecule is C=CCCCc1cc(CCC)ccc1CCC. The second-order valence-electron chi connectivity index (χ2n) is 4.78. The molecule has 17 heavy (non-hydrogen) atoms. The average Bonchev–Trinajstić information content (AvgIpc) is 2.33. The van der Waals surface area contributed by atoms with Crippen molar-refractivity contribution < 1.29 is 0 Å². The maximum Gasteiger partial charge on any atom is -0.0273 e. The van der Waals surface area contributed by atoms with E-state index in [4.69, 9.17) is 0 Å². The van der Waals surface area contributed by atoms with Crippen LogP contribution in [0.5, 0.6) is 0 Å².